The molecule has 0 saturated heterocycles. The molecule has 0 spiro atoms. The zero-order valence-electron chi connectivity index (χ0n) is 17.7. The fourth-order valence-electron chi connectivity index (χ4n) is 4.88. The lowest BCUT2D eigenvalue weighted by Gasteiger charge is -2.47. The van der Waals surface area contributed by atoms with Crippen molar-refractivity contribution in [3.8, 4) is 24.0 Å². The summed E-state index contributed by atoms with van der Waals surface area (Å²) in [6.45, 7) is 3.27. The van der Waals surface area contributed by atoms with E-state index in [1.807, 2.05) is 18.2 Å². The van der Waals surface area contributed by atoms with Gasteiger partial charge in [0.1, 0.15) is 11.8 Å². The van der Waals surface area contributed by atoms with Gasteiger partial charge in [-0.25, -0.2) is 0 Å². The van der Waals surface area contributed by atoms with Gasteiger partial charge in [-0.15, -0.1) is 0 Å². The highest BCUT2D eigenvalue weighted by Crippen LogP contribution is 2.59. The Labute approximate surface area is 181 Å². The SMILES string of the molecule is CC(C)(C)[C@H]1CC=C2C(C#N)=C(N)C(C#N)(C#N)[C@H](c3ccccc3OC(F)F)[C@H]2C1. The number of hydrogen-bond acceptors (Lipinski definition) is 5. The summed E-state index contributed by atoms with van der Waals surface area (Å²) < 4.78 is 31.0. The van der Waals surface area contributed by atoms with Crippen LogP contribution in [-0.4, -0.2) is 6.61 Å². The molecule has 1 aromatic rings. The Kier molecular flexibility index (Phi) is 5.79. The van der Waals surface area contributed by atoms with Crippen molar-refractivity contribution >= 4 is 0 Å². The second kappa shape index (κ2) is 8.05. The highest BCUT2D eigenvalue weighted by Gasteiger charge is 2.55. The first-order valence-corrected chi connectivity index (χ1v) is 10.1. The summed E-state index contributed by atoms with van der Waals surface area (Å²) in [5, 5.41) is 30.1. The maximum atomic E-state index is 13.1. The minimum Gasteiger partial charge on any atom is -0.435 e. The summed E-state index contributed by atoms with van der Waals surface area (Å²) in [7, 11) is 0. The van der Waals surface area contributed by atoms with E-state index in [9.17, 15) is 24.6 Å². The van der Waals surface area contributed by atoms with Crippen LogP contribution in [0.2, 0.25) is 0 Å². The molecule has 7 heteroatoms. The summed E-state index contributed by atoms with van der Waals surface area (Å²) in [6, 6.07) is 12.3. The van der Waals surface area contributed by atoms with Gasteiger partial charge < -0.3 is 10.5 Å². The Morgan fingerprint density at radius 1 is 1.16 bits per heavy atom. The van der Waals surface area contributed by atoms with Gasteiger partial charge in [-0.1, -0.05) is 45.0 Å². The molecule has 0 saturated carbocycles. The molecule has 0 fully saturated rings. The van der Waals surface area contributed by atoms with Crippen molar-refractivity contribution in [3.05, 3.63) is 52.7 Å². The highest BCUT2D eigenvalue weighted by atomic mass is 19.3. The number of nitrogens with two attached hydrogens (primary N) is 1. The highest BCUT2D eigenvalue weighted by molar-refractivity contribution is 5.60. The van der Waals surface area contributed by atoms with Gasteiger partial charge in [-0.2, -0.15) is 24.6 Å². The third kappa shape index (κ3) is 3.64. The molecule has 160 valence electrons. The van der Waals surface area contributed by atoms with Gasteiger partial charge in [-0.05, 0) is 41.7 Å². The third-order valence-corrected chi connectivity index (χ3v) is 6.57. The predicted octanol–water partition coefficient (Wildman–Crippen LogP) is 5.15. The number of fused-ring (bicyclic) bond motifs is 1. The van der Waals surface area contributed by atoms with Crippen LogP contribution in [0.5, 0.6) is 5.75 Å². The average Bonchev–Trinajstić information content (AvgIpc) is 2.72. The molecule has 31 heavy (non-hydrogen) atoms. The fraction of sp³-hybridized carbons (Fsp3) is 0.458. The molecular formula is C24H24F2N4O. The number of para-hydroxylation sites is 1. The summed E-state index contributed by atoms with van der Waals surface area (Å²) in [5.41, 5.74) is 5.34. The van der Waals surface area contributed by atoms with E-state index in [-0.39, 0.29) is 28.4 Å². The number of benzene rings is 1. The number of ether oxygens (including phenoxy) is 1. The molecule has 0 radical (unpaired) electrons. The van der Waals surface area contributed by atoms with Gasteiger partial charge in [0.15, 0.2) is 5.41 Å². The van der Waals surface area contributed by atoms with E-state index in [1.54, 1.807) is 18.2 Å². The summed E-state index contributed by atoms with van der Waals surface area (Å²) >= 11 is 0. The van der Waals surface area contributed by atoms with E-state index in [0.29, 0.717) is 17.6 Å². The smallest absolute Gasteiger partial charge is 0.387 e. The Bertz CT molecular complexity index is 1050. The second-order valence-electron chi connectivity index (χ2n) is 9.13. The number of nitriles is 3. The molecule has 1 aromatic carbocycles. The van der Waals surface area contributed by atoms with Crippen molar-refractivity contribution in [2.75, 3.05) is 0 Å². The van der Waals surface area contributed by atoms with Gasteiger partial charge in [-0.3, -0.25) is 0 Å². The van der Waals surface area contributed by atoms with E-state index >= 15 is 0 Å². The summed E-state index contributed by atoms with van der Waals surface area (Å²) in [5.74, 6) is -1.16. The van der Waals surface area contributed by atoms with Crippen molar-refractivity contribution in [2.45, 2.75) is 46.1 Å². The molecule has 3 atom stereocenters. The van der Waals surface area contributed by atoms with Crippen molar-refractivity contribution in [3.63, 3.8) is 0 Å². The van der Waals surface area contributed by atoms with Gasteiger partial charge in [0, 0.05) is 11.5 Å². The lowest BCUT2D eigenvalue weighted by molar-refractivity contribution is -0.0510. The molecule has 0 bridgehead atoms. The summed E-state index contributed by atoms with van der Waals surface area (Å²) in [4.78, 5) is 0. The Morgan fingerprint density at radius 2 is 1.81 bits per heavy atom. The molecule has 0 aromatic heterocycles. The maximum absolute atomic E-state index is 13.1. The number of hydrogen-bond donors (Lipinski definition) is 1. The van der Waals surface area contributed by atoms with Crippen molar-refractivity contribution in [2.24, 2.45) is 28.4 Å². The van der Waals surface area contributed by atoms with E-state index in [1.165, 1.54) is 6.07 Å². The van der Waals surface area contributed by atoms with Crippen LogP contribution < -0.4 is 10.5 Å². The first kappa shape index (κ1) is 22.3. The Hall–Kier alpha value is -3.37. The van der Waals surface area contributed by atoms with Gasteiger partial charge in [0.05, 0.1) is 23.4 Å². The van der Waals surface area contributed by atoms with Gasteiger partial charge >= 0.3 is 6.61 Å². The van der Waals surface area contributed by atoms with Crippen molar-refractivity contribution < 1.29 is 13.5 Å². The van der Waals surface area contributed by atoms with E-state index in [2.05, 4.69) is 26.8 Å². The standard InChI is InChI=1S/C24H24F2N4O/c1-23(2,3)14-8-9-15-17(10-14)20(16-6-4-5-7-19(16)31-22(25)26)24(12-28,13-29)21(30)18(15)11-27/h4-7,9,14,17,20,22H,8,10,30H2,1-3H3/t14-,17-,20+/m0/s1. The van der Waals surface area contributed by atoms with Crippen LogP contribution >= 0.6 is 0 Å². The third-order valence-electron chi connectivity index (χ3n) is 6.57. The molecule has 0 aliphatic heterocycles. The van der Waals surface area contributed by atoms with Gasteiger partial charge in [0.25, 0.3) is 0 Å². The molecule has 5 nitrogen and oxygen atoms in total. The number of nitrogens with zero attached hydrogens (tertiary/aromatic N) is 3. The molecule has 0 heterocycles. The molecule has 3 rings (SSSR count). The molecule has 0 amide bonds. The van der Waals surface area contributed by atoms with Crippen LogP contribution in [0.25, 0.3) is 0 Å². The molecule has 2 aliphatic rings. The second-order valence-corrected chi connectivity index (χ2v) is 9.13. The van der Waals surface area contributed by atoms with E-state index < -0.39 is 23.9 Å². The van der Waals surface area contributed by atoms with E-state index in [4.69, 9.17) is 10.5 Å². The lowest BCUT2D eigenvalue weighted by atomic mass is 9.54. The minimum absolute atomic E-state index is 0.0625. The average molecular weight is 422 g/mol. The Morgan fingerprint density at radius 3 is 2.35 bits per heavy atom. The maximum Gasteiger partial charge on any atom is 0.387 e. The number of halogens is 2. The number of rotatable bonds is 3. The van der Waals surface area contributed by atoms with Crippen molar-refractivity contribution in [1.29, 1.82) is 15.8 Å². The van der Waals surface area contributed by atoms with Crippen LogP contribution in [0, 0.1) is 56.7 Å². The number of alkyl halides is 2. The quantitative estimate of drug-likeness (QED) is 0.724. The normalized spacial score (nSPS) is 25.0. The first-order valence-electron chi connectivity index (χ1n) is 10.1. The molecular weight excluding hydrogens is 398 g/mol. The number of allylic oxidation sites excluding steroid dienone is 4. The van der Waals surface area contributed by atoms with Gasteiger partial charge in [0.2, 0.25) is 0 Å². The molecule has 0 unspecified atom stereocenters. The lowest BCUT2D eigenvalue weighted by Crippen LogP contribution is -2.44. The molecule has 2 aliphatic carbocycles. The largest absolute Gasteiger partial charge is 0.435 e. The van der Waals surface area contributed by atoms with Crippen molar-refractivity contribution in [1.82, 2.24) is 0 Å². The van der Waals surface area contributed by atoms with Crippen LogP contribution in [0.15, 0.2) is 47.2 Å². The fourth-order valence-corrected chi connectivity index (χ4v) is 4.88. The van der Waals surface area contributed by atoms with Crippen LogP contribution in [0.3, 0.4) is 0 Å². The first-order chi connectivity index (χ1) is 14.6. The topological polar surface area (TPSA) is 107 Å². The Balaban J connectivity index is 2.32. The molecule has 2 N–H and O–H groups in total. The summed E-state index contributed by atoms with van der Waals surface area (Å²) in [6.07, 6.45) is 3.27. The zero-order valence-corrected chi connectivity index (χ0v) is 17.7. The van der Waals surface area contributed by atoms with Crippen LogP contribution in [0.4, 0.5) is 8.78 Å². The monoisotopic (exact) mass is 422 g/mol. The van der Waals surface area contributed by atoms with Crippen LogP contribution in [-0.2, 0) is 0 Å². The predicted molar refractivity (Wildman–Crippen MR) is 110 cm³/mol. The zero-order chi connectivity index (χ0) is 23.0. The van der Waals surface area contributed by atoms with Crippen LogP contribution in [0.1, 0.15) is 45.1 Å². The van der Waals surface area contributed by atoms with E-state index in [0.717, 1.165) is 6.42 Å². The minimum atomic E-state index is -3.06.